The quantitative estimate of drug-likeness (QED) is 0.832. The van der Waals surface area contributed by atoms with Crippen LogP contribution in [0.25, 0.3) is 0 Å². The van der Waals surface area contributed by atoms with E-state index < -0.39 is 0 Å². The van der Waals surface area contributed by atoms with Crippen molar-refractivity contribution in [2.75, 3.05) is 13.1 Å². The number of hydrogen-bond acceptors (Lipinski definition) is 2. The average molecular weight is 288 g/mol. The normalized spacial score (nSPS) is 27.0. The molecule has 1 aliphatic heterocycles. The van der Waals surface area contributed by atoms with Gasteiger partial charge in [-0.15, -0.1) is 0 Å². The summed E-state index contributed by atoms with van der Waals surface area (Å²) in [4.78, 5) is 21.9. The third-order valence-electron chi connectivity index (χ3n) is 5.84. The van der Waals surface area contributed by atoms with E-state index in [0.29, 0.717) is 5.41 Å². The number of fused-ring (bicyclic) bond motifs is 1. The van der Waals surface area contributed by atoms with Crippen molar-refractivity contribution in [3.05, 3.63) is 17.7 Å². The van der Waals surface area contributed by atoms with Gasteiger partial charge in [0.25, 0.3) is 0 Å². The first-order valence-corrected chi connectivity index (χ1v) is 8.31. The Morgan fingerprint density at radius 3 is 2.86 bits per heavy atom. The fraction of sp³-hybridized carbons (Fsp3) is 0.750. The number of amides is 2. The zero-order valence-corrected chi connectivity index (χ0v) is 12.5. The largest absolute Gasteiger partial charge is 0.348 e. The molecule has 1 atom stereocenters. The van der Waals surface area contributed by atoms with Crippen LogP contribution in [0.5, 0.6) is 0 Å². The second-order valence-electron chi connectivity index (χ2n) is 7.06. The highest BCUT2D eigenvalue weighted by molar-refractivity contribution is 5.74. The molecule has 21 heavy (non-hydrogen) atoms. The van der Waals surface area contributed by atoms with E-state index in [-0.39, 0.29) is 12.1 Å². The van der Waals surface area contributed by atoms with Crippen molar-refractivity contribution in [2.45, 2.75) is 57.4 Å². The summed E-state index contributed by atoms with van der Waals surface area (Å²) in [5, 5.41) is 3.22. The second-order valence-corrected chi connectivity index (χ2v) is 7.06. The van der Waals surface area contributed by atoms with E-state index in [9.17, 15) is 4.79 Å². The second kappa shape index (κ2) is 5.04. The minimum atomic E-state index is 0.136. The highest BCUT2D eigenvalue weighted by Gasteiger charge is 2.40. The van der Waals surface area contributed by atoms with Gasteiger partial charge in [0.15, 0.2) is 0 Å². The summed E-state index contributed by atoms with van der Waals surface area (Å²) in [5.74, 6) is 0. The SMILES string of the molecule is O=C(NC1CCc2nc[nH]c2C1)N1CCC2(CCC2)CC1. The number of imidazole rings is 1. The number of urea groups is 1. The number of carbonyl (C=O) groups is 1. The van der Waals surface area contributed by atoms with E-state index in [2.05, 4.69) is 15.3 Å². The van der Waals surface area contributed by atoms with Crippen LogP contribution < -0.4 is 5.32 Å². The molecule has 0 bridgehead atoms. The molecule has 1 saturated heterocycles. The smallest absolute Gasteiger partial charge is 0.317 e. The van der Waals surface area contributed by atoms with Crippen LogP contribution in [0.1, 0.15) is 49.9 Å². The third kappa shape index (κ3) is 2.43. The Bertz CT molecular complexity index is 524. The number of nitrogens with one attached hydrogen (secondary N) is 2. The van der Waals surface area contributed by atoms with Gasteiger partial charge >= 0.3 is 6.03 Å². The van der Waals surface area contributed by atoms with Crippen LogP contribution in [0.15, 0.2) is 6.33 Å². The molecule has 5 nitrogen and oxygen atoms in total. The maximum atomic E-state index is 12.4. The van der Waals surface area contributed by atoms with E-state index in [1.54, 1.807) is 6.33 Å². The Kier molecular flexibility index (Phi) is 3.16. The van der Waals surface area contributed by atoms with E-state index >= 15 is 0 Å². The van der Waals surface area contributed by atoms with Crippen LogP contribution in [0.3, 0.4) is 0 Å². The van der Waals surface area contributed by atoms with Gasteiger partial charge in [-0.2, -0.15) is 0 Å². The van der Waals surface area contributed by atoms with Crippen LogP contribution in [0.2, 0.25) is 0 Å². The van der Waals surface area contributed by atoms with Gasteiger partial charge in [0.2, 0.25) is 0 Å². The molecule has 0 aromatic carbocycles. The molecule has 3 aliphatic rings. The van der Waals surface area contributed by atoms with E-state index in [1.807, 2.05) is 4.90 Å². The molecule has 2 N–H and O–H groups in total. The van der Waals surface area contributed by atoms with E-state index in [1.165, 1.54) is 43.5 Å². The maximum Gasteiger partial charge on any atom is 0.317 e. The Balaban J connectivity index is 1.30. The van der Waals surface area contributed by atoms with Gasteiger partial charge in [-0.1, -0.05) is 6.42 Å². The number of carbonyl (C=O) groups excluding carboxylic acids is 1. The van der Waals surface area contributed by atoms with Crippen molar-refractivity contribution < 1.29 is 4.79 Å². The predicted molar refractivity (Wildman–Crippen MR) is 80.0 cm³/mol. The molecule has 2 amide bonds. The first kappa shape index (κ1) is 13.2. The minimum Gasteiger partial charge on any atom is -0.348 e. The fourth-order valence-electron chi connectivity index (χ4n) is 4.15. The molecule has 1 saturated carbocycles. The number of aromatic nitrogens is 2. The van der Waals surface area contributed by atoms with Crippen molar-refractivity contribution in [1.82, 2.24) is 20.2 Å². The Morgan fingerprint density at radius 1 is 1.33 bits per heavy atom. The lowest BCUT2D eigenvalue weighted by Gasteiger charge is -2.48. The maximum absolute atomic E-state index is 12.4. The Morgan fingerprint density at radius 2 is 2.14 bits per heavy atom. The Hall–Kier alpha value is -1.52. The Labute approximate surface area is 125 Å². The van der Waals surface area contributed by atoms with E-state index in [0.717, 1.165) is 32.4 Å². The molecule has 1 spiro atoms. The van der Waals surface area contributed by atoms with Gasteiger partial charge in [-0.25, -0.2) is 9.78 Å². The molecule has 5 heteroatoms. The summed E-state index contributed by atoms with van der Waals surface area (Å²) >= 11 is 0. The number of H-pyrrole nitrogens is 1. The predicted octanol–water partition coefficient (Wildman–Crippen LogP) is 2.24. The molecule has 1 aromatic heterocycles. The van der Waals surface area contributed by atoms with Crippen molar-refractivity contribution in [3.8, 4) is 0 Å². The first-order chi connectivity index (χ1) is 10.2. The van der Waals surface area contributed by atoms with Crippen LogP contribution in [0.4, 0.5) is 4.79 Å². The first-order valence-electron chi connectivity index (χ1n) is 8.31. The van der Waals surface area contributed by atoms with Crippen molar-refractivity contribution in [3.63, 3.8) is 0 Å². The molecule has 2 aliphatic carbocycles. The van der Waals surface area contributed by atoms with E-state index in [4.69, 9.17) is 0 Å². The minimum absolute atomic E-state index is 0.136. The lowest BCUT2D eigenvalue weighted by molar-refractivity contribution is 0.0457. The lowest BCUT2D eigenvalue weighted by Crippen LogP contribution is -2.52. The zero-order chi connectivity index (χ0) is 14.3. The number of rotatable bonds is 1. The molecule has 114 valence electrons. The highest BCUT2D eigenvalue weighted by atomic mass is 16.2. The molecular weight excluding hydrogens is 264 g/mol. The zero-order valence-electron chi connectivity index (χ0n) is 12.5. The fourth-order valence-corrected chi connectivity index (χ4v) is 4.15. The molecule has 1 unspecified atom stereocenters. The molecular formula is C16H24N4O. The summed E-state index contributed by atoms with van der Waals surface area (Å²) in [6, 6.07) is 0.391. The number of likely N-dealkylation sites (tertiary alicyclic amines) is 1. The number of hydrogen-bond donors (Lipinski definition) is 2. The molecule has 2 heterocycles. The van der Waals surface area contributed by atoms with Gasteiger partial charge in [-0.05, 0) is 43.9 Å². The van der Waals surface area contributed by atoms with Crippen molar-refractivity contribution in [2.24, 2.45) is 5.41 Å². The summed E-state index contributed by atoms with van der Waals surface area (Å²) in [6.07, 6.45) is 11.2. The number of nitrogens with zero attached hydrogens (tertiary/aromatic N) is 2. The third-order valence-corrected chi connectivity index (χ3v) is 5.84. The van der Waals surface area contributed by atoms with Crippen LogP contribution in [-0.2, 0) is 12.8 Å². The monoisotopic (exact) mass is 288 g/mol. The number of piperidine rings is 1. The summed E-state index contributed by atoms with van der Waals surface area (Å²) in [7, 11) is 0. The average Bonchev–Trinajstić information content (AvgIpc) is 2.93. The topological polar surface area (TPSA) is 61.0 Å². The number of aryl methyl sites for hydroxylation is 1. The summed E-state index contributed by atoms with van der Waals surface area (Å²) in [6.45, 7) is 1.88. The van der Waals surface area contributed by atoms with Crippen LogP contribution >= 0.6 is 0 Å². The van der Waals surface area contributed by atoms with Crippen molar-refractivity contribution in [1.29, 1.82) is 0 Å². The van der Waals surface area contributed by atoms with Gasteiger partial charge < -0.3 is 15.2 Å². The van der Waals surface area contributed by atoms with Crippen molar-refractivity contribution >= 4 is 6.03 Å². The van der Waals surface area contributed by atoms with Gasteiger partial charge in [-0.3, -0.25) is 0 Å². The van der Waals surface area contributed by atoms with Gasteiger partial charge in [0.1, 0.15) is 0 Å². The molecule has 0 radical (unpaired) electrons. The molecule has 1 aromatic rings. The van der Waals surface area contributed by atoms with Crippen LogP contribution in [-0.4, -0.2) is 40.0 Å². The standard InChI is InChI=1S/C16H24N4O/c21-15(20-8-6-16(7-9-20)4-1-5-16)19-12-2-3-13-14(10-12)18-11-17-13/h11-12H,1-10H2,(H,17,18)(H,19,21). The summed E-state index contributed by atoms with van der Waals surface area (Å²) < 4.78 is 0. The highest BCUT2D eigenvalue weighted by Crippen LogP contribution is 2.48. The molecule has 2 fully saturated rings. The molecule has 4 rings (SSSR count). The van der Waals surface area contributed by atoms with Gasteiger partial charge in [0.05, 0.1) is 12.0 Å². The number of aromatic amines is 1. The van der Waals surface area contributed by atoms with Gasteiger partial charge in [0, 0.05) is 31.2 Å². The lowest BCUT2D eigenvalue weighted by atomic mass is 9.63. The summed E-state index contributed by atoms with van der Waals surface area (Å²) in [5.41, 5.74) is 2.97. The van der Waals surface area contributed by atoms with Crippen LogP contribution in [0, 0.1) is 5.41 Å².